The van der Waals surface area contributed by atoms with E-state index >= 15 is 0 Å². The Bertz CT molecular complexity index is 767. The zero-order valence-corrected chi connectivity index (χ0v) is 13.4. The molecule has 1 aliphatic heterocycles. The Balaban J connectivity index is 1.85. The molecule has 1 heterocycles. The number of hydrogen-bond donors (Lipinski definition) is 0. The summed E-state index contributed by atoms with van der Waals surface area (Å²) in [5.41, 5.74) is 2.34. The topological polar surface area (TPSA) is 54.0 Å². The van der Waals surface area contributed by atoms with Crippen LogP contribution in [0.1, 0.15) is 21.5 Å². The summed E-state index contributed by atoms with van der Waals surface area (Å²) >= 11 is 0. The van der Waals surface area contributed by atoms with Gasteiger partial charge in [0.25, 0.3) is 0 Å². The van der Waals surface area contributed by atoms with Gasteiger partial charge in [-0.05, 0) is 36.2 Å². The highest BCUT2D eigenvalue weighted by Crippen LogP contribution is 2.35. The Labute approximate surface area is 140 Å². The molecule has 0 saturated heterocycles. The molecule has 3 rings (SSSR count). The quantitative estimate of drug-likeness (QED) is 0.575. The fourth-order valence-corrected chi connectivity index (χ4v) is 2.56. The molecule has 24 heavy (non-hydrogen) atoms. The van der Waals surface area contributed by atoms with Crippen LogP contribution in [0.25, 0.3) is 0 Å². The van der Waals surface area contributed by atoms with Crippen molar-refractivity contribution in [1.82, 2.24) is 0 Å². The molecular formula is C19H18O5. The lowest BCUT2D eigenvalue weighted by Gasteiger charge is -2.15. The summed E-state index contributed by atoms with van der Waals surface area (Å²) in [6, 6.07) is 9.12. The zero-order chi connectivity index (χ0) is 16.9. The molecule has 0 N–H and O–H groups in total. The molecule has 124 valence electrons. The predicted molar refractivity (Wildman–Crippen MR) is 89.2 cm³/mol. The van der Waals surface area contributed by atoms with Crippen molar-refractivity contribution in [1.29, 1.82) is 0 Å². The number of benzene rings is 2. The molecule has 0 radical (unpaired) electrons. The number of rotatable bonds is 7. The van der Waals surface area contributed by atoms with Gasteiger partial charge in [-0.15, -0.1) is 6.58 Å². The van der Waals surface area contributed by atoms with Gasteiger partial charge in [-0.2, -0.15) is 0 Å². The van der Waals surface area contributed by atoms with E-state index in [0.29, 0.717) is 35.8 Å². The number of aldehydes is 1. The summed E-state index contributed by atoms with van der Waals surface area (Å²) < 4.78 is 22.0. The Kier molecular flexibility index (Phi) is 4.70. The highest BCUT2D eigenvalue weighted by Gasteiger charge is 2.15. The van der Waals surface area contributed by atoms with Gasteiger partial charge >= 0.3 is 0 Å². The molecule has 0 aromatic heterocycles. The van der Waals surface area contributed by atoms with Gasteiger partial charge in [0, 0.05) is 11.1 Å². The molecule has 0 saturated carbocycles. The Hall–Kier alpha value is -2.95. The van der Waals surface area contributed by atoms with E-state index in [1.54, 1.807) is 25.3 Å². The van der Waals surface area contributed by atoms with Crippen LogP contribution in [-0.4, -0.2) is 20.2 Å². The van der Waals surface area contributed by atoms with Crippen LogP contribution in [0.2, 0.25) is 0 Å². The number of methoxy groups -OCH3 is 1. The van der Waals surface area contributed by atoms with Gasteiger partial charge in [0.2, 0.25) is 6.79 Å². The largest absolute Gasteiger partial charge is 0.493 e. The highest BCUT2D eigenvalue weighted by molar-refractivity contribution is 5.77. The van der Waals surface area contributed by atoms with Crippen molar-refractivity contribution in [2.75, 3.05) is 13.9 Å². The lowest BCUT2D eigenvalue weighted by Crippen LogP contribution is -2.02. The smallest absolute Gasteiger partial charge is 0.231 e. The van der Waals surface area contributed by atoms with Crippen LogP contribution in [0.15, 0.2) is 43.0 Å². The van der Waals surface area contributed by atoms with Crippen molar-refractivity contribution in [2.45, 2.75) is 13.0 Å². The molecule has 1 aliphatic rings. The van der Waals surface area contributed by atoms with E-state index in [1.807, 2.05) is 18.2 Å². The fraction of sp³-hybridized carbons (Fsp3) is 0.211. The average molecular weight is 326 g/mol. The first-order valence-electron chi connectivity index (χ1n) is 7.53. The first kappa shape index (κ1) is 15.9. The van der Waals surface area contributed by atoms with Crippen molar-refractivity contribution in [3.63, 3.8) is 0 Å². The number of allylic oxidation sites excluding steroid dienone is 1. The Morgan fingerprint density at radius 3 is 2.79 bits per heavy atom. The number of carbonyl (C=O) groups is 1. The van der Waals surface area contributed by atoms with Crippen LogP contribution in [0.5, 0.6) is 23.0 Å². The van der Waals surface area contributed by atoms with Crippen LogP contribution in [-0.2, 0) is 13.0 Å². The average Bonchev–Trinajstić information content (AvgIpc) is 3.08. The van der Waals surface area contributed by atoms with Crippen LogP contribution < -0.4 is 18.9 Å². The SMILES string of the molecule is C=CCc1cc(C=O)cc(OC)c1OCc1ccc2c(c1)OCO2. The maximum atomic E-state index is 11.1. The molecule has 0 fully saturated rings. The summed E-state index contributed by atoms with van der Waals surface area (Å²) in [6.07, 6.45) is 3.13. The third kappa shape index (κ3) is 3.20. The van der Waals surface area contributed by atoms with Crippen LogP contribution >= 0.6 is 0 Å². The second-order valence-electron chi connectivity index (χ2n) is 5.30. The molecule has 5 heteroatoms. The summed E-state index contributed by atoms with van der Waals surface area (Å²) in [4.78, 5) is 11.1. The maximum absolute atomic E-state index is 11.1. The van der Waals surface area contributed by atoms with Gasteiger partial charge in [-0.3, -0.25) is 4.79 Å². The standard InChI is InChI=1S/C19H18O5/c1-3-4-15-7-14(10-20)9-18(21-2)19(15)22-11-13-5-6-16-17(8-13)24-12-23-16/h3,5-10H,1,4,11-12H2,2H3. The molecule has 2 aromatic rings. The number of fused-ring (bicyclic) bond motifs is 1. The van der Waals surface area contributed by atoms with Crippen molar-refractivity contribution < 1.29 is 23.7 Å². The Morgan fingerprint density at radius 2 is 2.04 bits per heavy atom. The van der Waals surface area contributed by atoms with E-state index in [2.05, 4.69) is 6.58 Å². The van der Waals surface area contributed by atoms with Crippen LogP contribution in [0, 0.1) is 0 Å². The zero-order valence-electron chi connectivity index (χ0n) is 13.4. The molecule has 0 aliphatic carbocycles. The molecule has 0 amide bonds. The minimum atomic E-state index is 0.240. The summed E-state index contributed by atoms with van der Waals surface area (Å²) in [5, 5.41) is 0. The lowest BCUT2D eigenvalue weighted by atomic mass is 10.1. The fourth-order valence-electron chi connectivity index (χ4n) is 2.56. The molecule has 2 aromatic carbocycles. The molecular weight excluding hydrogens is 308 g/mol. The lowest BCUT2D eigenvalue weighted by molar-refractivity contribution is 0.112. The maximum Gasteiger partial charge on any atom is 0.231 e. The Morgan fingerprint density at radius 1 is 1.21 bits per heavy atom. The normalized spacial score (nSPS) is 11.9. The van der Waals surface area contributed by atoms with E-state index in [0.717, 1.165) is 23.2 Å². The minimum absolute atomic E-state index is 0.240. The molecule has 0 unspecified atom stereocenters. The van der Waals surface area contributed by atoms with Crippen molar-refractivity contribution in [3.8, 4) is 23.0 Å². The van der Waals surface area contributed by atoms with Gasteiger partial charge in [0.05, 0.1) is 7.11 Å². The van der Waals surface area contributed by atoms with Gasteiger partial charge in [0.1, 0.15) is 12.9 Å². The third-order valence-corrected chi connectivity index (χ3v) is 3.69. The van der Waals surface area contributed by atoms with E-state index < -0.39 is 0 Å². The molecule has 0 spiro atoms. The monoisotopic (exact) mass is 326 g/mol. The number of ether oxygens (including phenoxy) is 4. The molecule has 0 bridgehead atoms. The van der Waals surface area contributed by atoms with Gasteiger partial charge in [-0.1, -0.05) is 12.1 Å². The number of carbonyl (C=O) groups excluding carboxylic acids is 1. The van der Waals surface area contributed by atoms with Crippen molar-refractivity contribution in [3.05, 3.63) is 59.7 Å². The molecule has 5 nitrogen and oxygen atoms in total. The highest BCUT2D eigenvalue weighted by atomic mass is 16.7. The summed E-state index contributed by atoms with van der Waals surface area (Å²) in [6.45, 7) is 4.34. The van der Waals surface area contributed by atoms with Crippen LogP contribution in [0.3, 0.4) is 0 Å². The van der Waals surface area contributed by atoms with Gasteiger partial charge in [-0.25, -0.2) is 0 Å². The second kappa shape index (κ2) is 7.08. The number of hydrogen-bond acceptors (Lipinski definition) is 5. The van der Waals surface area contributed by atoms with Crippen LogP contribution in [0.4, 0.5) is 0 Å². The summed E-state index contributed by atoms with van der Waals surface area (Å²) in [7, 11) is 1.55. The second-order valence-corrected chi connectivity index (χ2v) is 5.30. The van der Waals surface area contributed by atoms with Crippen molar-refractivity contribution >= 4 is 6.29 Å². The van der Waals surface area contributed by atoms with E-state index in [4.69, 9.17) is 18.9 Å². The first-order valence-corrected chi connectivity index (χ1v) is 7.53. The summed E-state index contributed by atoms with van der Waals surface area (Å²) in [5.74, 6) is 2.59. The van der Waals surface area contributed by atoms with E-state index in [-0.39, 0.29) is 6.79 Å². The van der Waals surface area contributed by atoms with E-state index in [1.165, 1.54) is 0 Å². The third-order valence-electron chi connectivity index (χ3n) is 3.69. The van der Waals surface area contributed by atoms with Gasteiger partial charge in [0.15, 0.2) is 23.0 Å². The molecule has 0 atom stereocenters. The predicted octanol–water partition coefficient (Wildman–Crippen LogP) is 3.54. The minimum Gasteiger partial charge on any atom is -0.493 e. The van der Waals surface area contributed by atoms with Crippen molar-refractivity contribution in [2.24, 2.45) is 0 Å². The van der Waals surface area contributed by atoms with E-state index in [9.17, 15) is 4.79 Å². The van der Waals surface area contributed by atoms with Gasteiger partial charge < -0.3 is 18.9 Å². The first-order chi connectivity index (χ1) is 11.7.